The Morgan fingerprint density at radius 3 is 2.11 bits per heavy atom. The van der Waals surface area contributed by atoms with Gasteiger partial charge in [0.05, 0.1) is 17.0 Å². The van der Waals surface area contributed by atoms with Crippen molar-refractivity contribution in [2.24, 2.45) is 5.92 Å². The van der Waals surface area contributed by atoms with E-state index in [2.05, 4.69) is 5.32 Å². The van der Waals surface area contributed by atoms with Gasteiger partial charge in [0.1, 0.15) is 12.6 Å². The molecule has 1 N–H and O–H groups in total. The van der Waals surface area contributed by atoms with E-state index in [9.17, 15) is 18.0 Å². The molecule has 0 bridgehead atoms. The normalized spacial score (nSPS) is 12.4. The Morgan fingerprint density at radius 1 is 0.943 bits per heavy atom. The van der Waals surface area contributed by atoms with Crippen LogP contribution in [0, 0.1) is 5.92 Å². The first-order chi connectivity index (χ1) is 16.2. The van der Waals surface area contributed by atoms with Gasteiger partial charge in [0.15, 0.2) is 0 Å². The van der Waals surface area contributed by atoms with Gasteiger partial charge in [0.2, 0.25) is 21.8 Å². The van der Waals surface area contributed by atoms with Crippen LogP contribution in [0.3, 0.4) is 0 Å². The molecule has 0 aliphatic heterocycles. The molecule has 0 aliphatic carbocycles. The summed E-state index contributed by atoms with van der Waals surface area (Å²) in [6.07, 6.45) is 0.955. The zero-order chi connectivity index (χ0) is 26.5. The van der Waals surface area contributed by atoms with E-state index in [1.807, 2.05) is 13.8 Å². The Labute approximate surface area is 226 Å². The smallest absolute Gasteiger partial charge is 0.244 e. The lowest BCUT2D eigenvalue weighted by Crippen LogP contribution is -2.51. The number of hydrogen-bond acceptors (Lipinski definition) is 4. The summed E-state index contributed by atoms with van der Waals surface area (Å²) in [5.41, 5.74) is 0.594. The second-order valence-electron chi connectivity index (χ2n) is 8.44. The Hall–Kier alpha value is -1.71. The first-order valence-electron chi connectivity index (χ1n) is 10.6. The number of sulfonamides is 1. The maximum Gasteiger partial charge on any atom is 0.244 e. The summed E-state index contributed by atoms with van der Waals surface area (Å²) < 4.78 is 26.1. The van der Waals surface area contributed by atoms with Crippen LogP contribution in [0.4, 0.5) is 5.69 Å². The summed E-state index contributed by atoms with van der Waals surface area (Å²) in [5.74, 6) is -0.819. The monoisotopic (exact) mass is 581 g/mol. The summed E-state index contributed by atoms with van der Waals surface area (Å²) in [6, 6.07) is 8.16. The number of hydrogen-bond donors (Lipinski definition) is 1. The van der Waals surface area contributed by atoms with Crippen LogP contribution in [0.2, 0.25) is 20.1 Å². The molecule has 0 fully saturated rings. The molecule has 192 valence electrons. The zero-order valence-corrected chi connectivity index (χ0v) is 23.5. The van der Waals surface area contributed by atoms with Crippen LogP contribution in [0.5, 0.6) is 0 Å². The minimum Gasteiger partial charge on any atom is -0.354 e. The number of rotatable bonds is 10. The van der Waals surface area contributed by atoms with Gasteiger partial charge in [-0.1, -0.05) is 66.3 Å². The molecule has 2 aromatic carbocycles. The van der Waals surface area contributed by atoms with Gasteiger partial charge in [-0.05, 0) is 48.7 Å². The molecule has 7 nitrogen and oxygen atoms in total. The van der Waals surface area contributed by atoms with E-state index in [-0.39, 0.29) is 34.1 Å². The number of halogens is 4. The molecule has 0 saturated heterocycles. The molecule has 2 aromatic rings. The minimum absolute atomic E-state index is 0.0496. The van der Waals surface area contributed by atoms with Gasteiger partial charge in [-0.2, -0.15) is 0 Å². The zero-order valence-electron chi connectivity index (χ0n) is 19.7. The van der Waals surface area contributed by atoms with Crippen molar-refractivity contribution in [3.8, 4) is 0 Å². The van der Waals surface area contributed by atoms with E-state index in [4.69, 9.17) is 46.4 Å². The van der Waals surface area contributed by atoms with Crippen molar-refractivity contribution in [2.45, 2.75) is 33.4 Å². The van der Waals surface area contributed by atoms with Crippen molar-refractivity contribution in [3.63, 3.8) is 0 Å². The topological polar surface area (TPSA) is 86.8 Å². The Balaban J connectivity index is 2.45. The fourth-order valence-electron chi connectivity index (χ4n) is 3.14. The van der Waals surface area contributed by atoms with Crippen molar-refractivity contribution in [1.82, 2.24) is 10.2 Å². The summed E-state index contributed by atoms with van der Waals surface area (Å²) in [7, 11) is -3.94. The lowest BCUT2D eigenvalue weighted by molar-refractivity contribution is -0.139. The molecule has 2 rings (SSSR count). The Bertz CT molecular complexity index is 1190. The summed E-state index contributed by atoms with van der Waals surface area (Å²) in [6.45, 7) is 5.22. The van der Waals surface area contributed by atoms with Crippen LogP contribution >= 0.6 is 46.4 Å². The standard InChI is InChI=1S/C23H27Cl4N3O4S/c1-14(2)11-28-23(32)15(3)29(12-16-5-6-17(24)9-20(16)27)22(31)13-30(35(4,33)34)21-10-18(25)7-8-19(21)26/h5-10,14-15H,11-13H2,1-4H3,(H,28,32)/t15-/m1/s1. The average molecular weight is 583 g/mol. The van der Waals surface area contributed by atoms with Gasteiger partial charge in [0, 0.05) is 28.2 Å². The highest BCUT2D eigenvalue weighted by Gasteiger charge is 2.31. The lowest BCUT2D eigenvalue weighted by Gasteiger charge is -2.32. The Kier molecular flexibility index (Phi) is 10.5. The van der Waals surface area contributed by atoms with E-state index >= 15 is 0 Å². The minimum atomic E-state index is -3.94. The van der Waals surface area contributed by atoms with E-state index < -0.39 is 28.5 Å². The number of carbonyl (C=O) groups excluding carboxylic acids is 2. The lowest BCUT2D eigenvalue weighted by atomic mass is 10.1. The molecule has 0 saturated carbocycles. The van der Waals surface area contributed by atoms with Crippen LogP contribution in [0.25, 0.3) is 0 Å². The van der Waals surface area contributed by atoms with E-state index in [1.165, 1.54) is 29.2 Å². The highest BCUT2D eigenvalue weighted by atomic mass is 35.5. The van der Waals surface area contributed by atoms with Crippen LogP contribution in [0.1, 0.15) is 26.3 Å². The second-order valence-corrected chi connectivity index (χ2v) is 12.0. The number of nitrogens with one attached hydrogen (secondary N) is 1. The molecule has 0 unspecified atom stereocenters. The fraction of sp³-hybridized carbons (Fsp3) is 0.391. The number of anilines is 1. The van der Waals surface area contributed by atoms with Crippen molar-refractivity contribution < 1.29 is 18.0 Å². The van der Waals surface area contributed by atoms with Crippen LogP contribution in [0.15, 0.2) is 36.4 Å². The molecule has 0 spiro atoms. The molecule has 0 heterocycles. The van der Waals surface area contributed by atoms with Crippen molar-refractivity contribution in [1.29, 1.82) is 0 Å². The molecular weight excluding hydrogens is 556 g/mol. The molecule has 35 heavy (non-hydrogen) atoms. The highest BCUT2D eigenvalue weighted by molar-refractivity contribution is 7.92. The van der Waals surface area contributed by atoms with Gasteiger partial charge in [0.25, 0.3) is 0 Å². The largest absolute Gasteiger partial charge is 0.354 e. The van der Waals surface area contributed by atoms with Crippen molar-refractivity contribution >= 4 is 73.9 Å². The second kappa shape index (κ2) is 12.5. The predicted octanol–water partition coefficient (Wildman–Crippen LogP) is 5.26. The van der Waals surface area contributed by atoms with E-state index in [1.54, 1.807) is 19.1 Å². The van der Waals surface area contributed by atoms with E-state index in [0.717, 1.165) is 10.6 Å². The first kappa shape index (κ1) is 29.5. The van der Waals surface area contributed by atoms with Gasteiger partial charge >= 0.3 is 0 Å². The average Bonchev–Trinajstić information content (AvgIpc) is 2.75. The molecule has 0 aromatic heterocycles. The molecular formula is C23H27Cl4N3O4S. The quantitative estimate of drug-likeness (QED) is 0.414. The third-order valence-electron chi connectivity index (χ3n) is 5.06. The van der Waals surface area contributed by atoms with Gasteiger partial charge in [-0.25, -0.2) is 8.42 Å². The SMILES string of the molecule is CC(C)CNC(=O)[C@@H](C)N(Cc1ccc(Cl)cc1Cl)C(=O)CN(c1cc(Cl)ccc1Cl)S(C)(=O)=O. The molecule has 0 aliphatic rings. The Morgan fingerprint density at radius 2 is 1.54 bits per heavy atom. The number of nitrogens with zero attached hydrogens (tertiary/aromatic N) is 2. The van der Waals surface area contributed by atoms with Crippen molar-refractivity contribution in [2.75, 3.05) is 23.7 Å². The summed E-state index contributed by atoms with van der Waals surface area (Å²) in [4.78, 5) is 27.6. The third kappa shape index (κ3) is 8.43. The molecule has 0 radical (unpaired) electrons. The van der Waals surface area contributed by atoms with Gasteiger partial charge in [-0.15, -0.1) is 0 Å². The number of benzene rings is 2. The van der Waals surface area contributed by atoms with Crippen LogP contribution < -0.4 is 9.62 Å². The highest BCUT2D eigenvalue weighted by Crippen LogP contribution is 2.31. The number of amides is 2. The van der Waals surface area contributed by atoms with Gasteiger partial charge in [-0.3, -0.25) is 13.9 Å². The van der Waals surface area contributed by atoms with E-state index in [0.29, 0.717) is 22.2 Å². The molecule has 2 amide bonds. The van der Waals surface area contributed by atoms with Crippen molar-refractivity contribution in [3.05, 3.63) is 62.1 Å². The summed E-state index contributed by atoms with van der Waals surface area (Å²) >= 11 is 24.6. The predicted molar refractivity (Wildman–Crippen MR) is 143 cm³/mol. The third-order valence-corrected chi connectivity index (χ3v) is 7.33. The molecule has 12 heteroatoms. The van der Waals surface area contributed by atoms with Crippen LogP contribution in [-0.2, 0) is 26.2 Å². The van der Waals surface area contributed by atoms with Gasteiger partial charge < -0.3 is 10.2 Å². The number of carbonyl (C=O) groups is 2. The maximum absolute atomic E-state index is 13.5. The first-order valence-corrected chi connectivity index (χ1v) is 14.0. The molecule has 1 atom stereocenters. The maximum atomic E-state index is 13.5. The fourth-order valence-corrected chi connectivity index (χ4v) is 4.90. The summed E-state index contributed by atoms with van der Waals surface area (Å²) in [5, 5.41) is 3.87. The van der Waals surface area contributed by atoms with Crippen LogP contribution in [-0.4, -0.2) is 50.5 Å².